The maximum Gasteiger partial charge on any atom is 0.172 e. The molecule has 1 saturated carbocycles. The van der Waals surface area contributed by atoms with Crippen LogP contribution in [0, 0.1) is 5.92 Å². The molecule has 0 spiro atoms. The van der Waals surface area contributed by atoms with Crippen molar-refractivity contribution in [2.24, 2.45) is 5.92 Å². The van der Waals surface area contributed by atoms with Crippen LogP contribution in [0.25, 0.3) is 0 Å². The van der Waals surface area contributed by atoms with Crippen molar-refractivity contribution in [1.82, 2.24) is 14.8 Å². The summed E-state index contributed by atoms with van der Waals surface area (Å²) >= 11 is 0. The van der Waals surface area contributed by atoms with Gasteiger partial charge in [0.2, 0.25) is 0 Å². The second-order valence-electron chi connectivity index (χ2n) is 6.45. The molecule has 0 saturated heterocycles. The van der Waals surface area contributed by atoms with Gasteiger partial charge in [0.1, 0.15) is 11.4 Å². The van der Waals surface area contributed by atoms with Crippen molar-refractivity contribution >= 4 is 6.29 Å². The number of carbonyl (C=O) groups is 1. The lowest BCUT2D eigenvalue weighted by Crippen LogP contribution is -2.26. The molecule has 2 atom stereocenters. The molecule has 1 aliphatic carbocycles. The second kappa shape index (κ2) is 8.08. The van der Waals surface area contributed by atoms with E-state index in [4.69, 9.17) is 4.74 Å². The van der Waals surface area contributed by atoms with Gasteiger partial charge in [-0.15, -0.1) is 0 Å². The van der Waals surface area contributed by atoms with E-state index in [1.807, 2.05) is 12.3 Å². The Hall–Kier alpha value is -2.17. The molecule has 24 heavy (non-hydrogen) atoms. The molecule has 5 nitrogen and oxygen atoms in total. The highest BCUT2D eigenvalue weighted by Crippen LogP contribution is 2.38. The Morgan fingerprint density at radius 1 is 1.29 bits per heavy atom. The third-order valence-electron chi connectivity index (χ3n) is 4.84. The first-order chi connectivity index (χ1) is 11.8. The van der Waals surface area contributed by atoms with E-state index in [2.05, 4.69) is 27.8 Å². The maximum absolute atomic E-state index is 11.1. The van der Waals surface area contributed by atoms with Crippen molar-refractivity contribution in [3.8, 4) is 5.75 Å². The number of aldehydes is 1. The number of rotatable bonds is 7. The summed E-state index contributed by atoms with van der Waals surface area (Å²) < 4.78 is 8.12. The molecule has 0 N–H and O–H groups in total. The van der Waals surface area contributed by atoms with Crippen molar-refractivity contribution in [1.29, 1.82) is 0 Å². The van der Waals surface area contributed by atoms with Crippen molar-refractivity contribution in [2.45, 2.75) is 51.5 Å². The minimum Gasteiger partial charge on any atom is -0.491 e. The van der Waals surface area contributed by atoms with Crippen LogP contribution in [0.1, 0.15) is 61.1 Å². The van der Waals surface area contributed by atoms with Crippen LogP contribution in [0.4, 0.5) is 0 Å². The molecule has 0 amide bonds. The topological polar surface area (TPSA) is 57.0 Å². The molecular weight excluding hydrogens is 302 g/mol. The number of aromatic nitrogens is 3. The molecule has 2 aromatic rings. The van der Waals surface area contributed by atoms with Crippen LogP contribution in [0.15, 0.2) is 30.6 Å². The molecule has 1 fully saturated rings. The zero-order chi connectivity index (χ0) is 16.8. The van der Waals surface area contributed by atoms with Gasteiger partial charge in [-0.1, -0.05) is 19.8 Å². The predicted molar refractivity (Wildman–Crippen MR) is 92.3 cm³/mol. The molecule has 0 aromatic carbocycles. The van der Waals surface area contributed by atoms with Gasteiger partial charge in [-0.3, -0.25) is 9.48 Å². The van der Waals surface area contributed by atoms with Gasteiger partial charge in [0.25, 0.3) is 0 Å². The lowest BCUT2D eigenvalue weighted by Gasteiger charge is -2.32. The zero-order valence-electron chi connectivity index (χ0n) is 14.2. The summed E-state index contributed by atoms with van der Waals surface area (Å²) in [5.41, 5.74) is 1.70. The number of hydrogen-bond acceptors (Lipinski definition) is 4. The first-order valence-corrected chi connectivity index (χ1v) is 8.88. The highest BCUT2D eigenvalue weighted by molar-refractivity contribution is 5.75. The van der Waals surface area contributed by atoms with Crippen LogP contribution in [0.5, 0.6) is 5.75 Å². The second-order valence-corrected chi connectivity index (χ2v) is 6.45. The maximum atomic E-state index is 11.1. The van der Waals surface area contributed by atoms with E-state index in [0.717, 1.165) is 25.7 Å². The summed E-state index contributed by atoms with van der Waals surface area (Å²) in [6.45, 7) is 3.76. The van der Waals surface area contributed by atoms with Crippen LogP contribution >= 0.6 is 0 Å². The standard InChI is InChI=1S/C19H25N3O2/c1-2-12-22-18(9-11-21-22)16-7-4-3-6-15(16)14-24-19-8-5-10-20-17(19)13-23/h5,8-11,13,15-16H,2-4,6-7,12,14H2,1H3/t15-,16-/m0/s1. The fraction of sp³-hybridized carbons (Fsp3) is 0.526. The van der Waals surface area contributed by atoms with Gasteiger partial charge in [0, 0.05) is 36.5 Å². The van der Waals surface area contributed by atoms with Crippen LogP contribution < -0.4 is 4.74 Å². The highest BCUT2D eigenvalue weighted by Gasteiger charge is 2.29. The Morgan fingerprint density at radius 2 is 2.17 bits per heavy atom. The van der Waals surface area contributed by atoms with Gasteiger partial charge >= 0.3 is 0 Å². The molecule has 3 rings (SSSR count). The quantitative estimate of drug-likeness (QED) is 0.725. The SMILES string of the molecule is CCCn1nccc1[C@H]1CCCC[C@H]1COc1cccnc1C=O. The van der Waals surface area contributed by atoms with Gasteiger partial charge < -0.3 is 4.74 Å². The van der Waals surface area contributed by atoms with Gasteiger partial charge in [0.05, 0.1) is 6.61 Å². The molecular formula is C19H25N3O2. The summed E-state index contributed by atoms with van der Waals surface area (Å²) in [5, 5.41) is 4.48. The van der Waals surface area contributed by atoms with Gasteiger partial charge in [-0.2, -0.15) is 5.10 Å². The van der Waals surface area contributed by atoms with E-state index in [9.17, 15) is 4.79 Å². The van der Waals surface area contributed by atoms with Crippen LogP contribution in [-0.4, -0.2) is 27.7 Å². The summed E-state index contributed by atoms with van der Waals surface area (Å²) in [7, 11) is 0. The highest BCUT2D eigenvalue weighted by atomic mass is 16.5. The van der Waals surface area contributed by atoms with Crippen molar-refractivity contribution in [3.63, 3.8) is 0 Å². The minimum absolute atomic E-state index is 0.376. The Kier molecular flexibility index (Phi) is 5.62. The van der Waals surface area contributed by atoms with E-state index in [-0.39, 0.29) is 0 Å². The number of hydrogen-bond donors (Lipinski definition) is 0. The largest absolute Gasteiger partial charge is 0.491 e. The summed E-state index contributed by atoms with van der Waals surface area (Å²) in [4.78, 5) is 15.2. The Balaban J connectivity index is 1.73. The van der Waals surface area contributed by atoms with E-state index >= 15 is 0 Å². The molecule has 0 aliphatic heterocycles. The zero-order valence-corrected chi connectivity index (χ0v) is 14.2. The van der Waals surface area contributed by atoms with E-state index in [0.29, 0.717) is 29.9 Å². The Bertz CT molecular complexity index is 668. The summed E-state index contributed by atoms with van der Waals surface area (Å²) in [6.07, 6.45) is 10.2. The van der Waals surface area contributed by atoms with E-state index < -0.39 is 0 Å². The van der Waals surface area contributed by atoms with Crippen LogP contribution in [-0.2, 0) is 6.54 Å². The molecule has 5 heteroatoms. The molecule has 1 aliphatic rings. The fourth-order valence-corrected chi connectivity index (χ4v) is 3.66. The van der Waals surface area contributed by atoms with Crippen LogP contribution in [0.3, 0.4) is 0 Å². The molecule has 128 valence electrons. The number of carbonyl (C=O) groups excluding carboxylic acids is 1. The molecule has 2 heterocycles. The number of ether oxygens (including phenoxy) is 1. The minimum atomic E-state index is 0.376. The Labute approximate surface area is 143 Å². The van der Waals surface area contributed by atoms with Gasteiger partial charge in [-0.25, -0.2) is 4.98 Å². The number of nitrogens with zero attached hydrogens (tertiary/aromatic N) is 3. The third kappa shape index (κ3) is 3.66. The van der Waals surface area contributed by atoms with Crippen molar-refractivity contribution < 1.29 is 9.53 Å². The lowest BCUT2D eigenvalue weighted by atomic mass is 9.78. The fourth-order valence-electron chi connectivity index (χ4n) is 3.66. The third-order valence-corrected chi connectivity index (χ3v) is 4.84. The molecule has 0 bridgehead atoms. The van der Waals surface area contributed by atoms with Crippen molar-refractivity contribution in [2.75, 3.05) is 6.61 Å². The van der Waals surface area contributed by atoms with Gasteiger partial charge in [-0.05, 0) is 37.5 Å². The van der Waals surface area contributed by atoms with Gasteiger partial charge in [0.15, 0.2) is 6.29 Å². The van der Waals surface area contributed by atoms with Crippen molar-refractivity contribution in [3.05, 3.63) is 42.0 Å². The number of aryl methyl sites for hydroxylation is 1. The van der Waals surface area contributed by atoms with E-state index in [1.165, 1.54) is 25.0 Å². The molecule has 2 aromatic heterocycles. The first-order valence-electron chi connectivity index (χ1n) is 8.88. The smallest absolute Gasteiger partial charge is 0.172 e. The average Bonchev–Trinajstić information content (AvgIpc) is 3.09. The normalized spacial score (nSPS) is 20.7. The first kappa shape index (κ1) is 16.7. The Morgan fingerprint density at radius 3 is 3.00 bits per heavy atom. The average molecular weight is 327 g/mol. The number of pyridine rings is 1. The lowest BCUT2D eigenvalue weighted by molar-refractivity contribution is 0.111. The summed E-state index contributed by atoms with van der Waals surface area (Å²) in [6, 6.07) is 5.77. The monoisotopic (exact) mass is 327 g/mol. The molecule has 0 unspecified atom stereocenters. The van der Waals surface area contributed by atoms with E-state index in [1.54, 1.807) is 12.3 Å². The van der Waals surface area contributed by atoms with Crippen LogP contribution in [0.2, 0.25) is 0 Å². The molecule has 0 radical (unpaired) electrons. The predicted octanol–water partition coefficient (Wildman–Crippen LogP) is 3.85. The summed E-state index contributed by atoms with van der Waals surface area (Å²) in [5.74, 6) is 1.51.